The first-order chi connectivity index (χ1) is 9.60. The molecule has 5 nitrogen and oxygen atoms in total. The van der Waals surface area contributed by atoms with Crippen LogP contribution >= 0.6 is 0 Å². The van der Waals surface area contributed by atoms with Gasteiger partial charge in [-0.2, -0.15) is 0 Å². The summed E-state index contributed by atoms with van der Waals surface area (Å²) in [6.45, 7) is 7.87. The molecule has 2 aromatic heterocycles. The summed E-state index contributed by atoms with van der Waals surface area (Å²) in [4.78, 5) is 11.3. The lowest BCUT2D eigenvalue weighted by atomic mass is 10.2. The average molecular weight is 274 g/mol. The molecule has 2 rings (SSSR count). The molecule has 0 saturated carbocycles. The van der Waals surface area contributed by atoms with Gasteiger partial charge in [0.05, 0.1) is 12.5 Å². The minimum Gasteiger partial charge on any atom is -0.472 e. The van der Waals surface area contributed by atoms with E-state index >= 15 is 0 Å². The normalized spacial score (nSPS) is 10.8. The van der Waals surface area contributed by atoms with Gasteiger partial charge in [0.15, 0.2) is 0 Å². The zero-order valence-electron chi connectivity index (χ0n) is 12.6. The van der Waals surface area contributed by atoms with E-state index in [2.05, 4.69) is 41.0 Å². The Hall–Kier alpha value is -2.04. The van der Waals surface area contributed by atoms with E-state index in [9.17, 15) is 0 Å². The summed E-state index contributed by atoms with van der Waals surface area (Å²) in [5, 5.41) is 3.26. The second kappa shape index (κ2) is 6.41. The van der Waals surface area contributed by atoms with Gasteiger partial charge < -0.3 is 14.6 Å². The highest BCUT2D eigenvalue weighted by molar-refractivity contribution is 5.49. The van der Waals surface area contributed by atoms with Crippen LogP contribution in [0.5, 0.6) is 0 Å². The summed E-state index contributed by atoms with van der Waals surface area (Å²) in [6.07, 6.45) is 3.44. The Bertz CT molecular complexity index is 537. The second-order valence-electron chi connectivity index (χ2n) is 5.14. The first kappa shape index (κ1) is 14.4. The molecule has 0 saturated heterocycles. The molecule has 1 N–H and O–H groups in total. The van der Waals surface area contributed by atoms with Crippen molar-refractivity contribution in [3.63, 3.8) is 0 Å². The molecule has 108 valence electrons. The molecule has 0 atom stereocenters. The van der Waals surface area contributed by atoms with Crippen LogP contribution in [-0.4, -0.2) is 23.6 Å². The van der Waals surface area contributed by atoms with Crippen molar-refractivity contribution in [1.82, 2.24) is 9.97 Å². The summed E-state index contributed by atoms with van der Waals surface area (Å²) < 4.78 is 5.10. The highest BCUT2D eigenvalue weighted by atomic mass is 16.3. The lowest BCUT2D eigenvalue weighted by Gasteiger charge is -2.19. The smallest absolute Gasteiger partial charge is 0.135 e. The van der Waals surface area contributed by atoms with E-state index in [-0.39, 0.29) is 0 Å². The van der Waals surface area contributed by atoms with E-state index < -0.39 is 0 Å². The average Bonchev–Trinajstić information content (AvgIpc) is 2.91. The van der Waals surface area contributed by atoms with Gasteiger partial charge >= 0.3 is 0 Å². The molecule has 0 aliphatic rings. The van der Waals surface area contributed by atoms with Crippen LogP contribution in [0.15, 0.2) is 29.1 Å². The number of hydrogen-bond acceptors (Lipinski definition) is 5. The van der Waals surface area contributed by atoms with E-state index in [1.54, 1.807) is 12.5 Å². The summed E-state index contributed by atoms with van der Waals surface area (Å²) in [7, 11) is 2.02. The zero-order chi connectivity index (χ0) is 14.5. The lowest BCUT2D eigenvalue weighted by molar-refractivity contribution is 0.563. The third kappa shape index (κ3) is 3.50. The fourth-order valence-electron chi connectivity index (χ4n) is 1.92. The zero-order valence-corrected chi connectivity index (χ0v) is 12.6. The van der Waals surface area contributed by atoms with Crippen LogP contribution in [0.2, 0.25) is 0 Å². The predicted molar refractivity (Wildman–Crippen MR) is 81.1 cm³/mol. The Kier molecular flexibility index (Phi) is 4.61. The first-order valence-corrected chi connectivity index (χ1v) is 6.95. The summed E-state index contributed by atoms with van der Waals surface area (Å²) in [5.41, 5.74) is 1.13. The molecule has 5 heteroatoms. The van der Waals surface area contributed by atoms with Crippen LogP contribution in [0.1, 0.15) is 38.1 Å². The van der Waals surface area contributed by atoms with Crippen molar-refractivity contribution in [2.45, 2.75) is 33.2 Å². The van der Waals surface area contributed by atoms with Crippen molar-refractivity contribution in [2.75, 3.05) is 23.8 Å². The van der Waals surface area contributed by atoms with Gasteiger partial charge in [-0.1, -0.05) is 13.8 Å². The van der Waals surface area contributed by atoms with Crippen LogP contribution in [0.4, 0.5) is 11.6 Å². The number of furan rings is 1. The highest BCUT2D eigenvalue weighted by Gasteiger charge is 2.11. The molecular formula is C15H22N4O. The number of aromatic nitrogens is 2. The minimum absolute atomic E-state index is 0.301. The molecule has 0 fully saturated rings. The van der Waals surface area contributed by atoms with Crippen molar-refractivity contribution >= 4 is 11.6 Å². The Morgan fingerprint density at radius 3 is 2.75 bits per heavy atom. The van der Waals surface area contributed by atoms with Crippen LogP contribution in [0.25, 0.3) is 0 Å². The van der Waals surface area contributed by atoms with Gasteiger partial charge in [-0.05, 0) is 13.0 Å². The monoisotopic (exact) mass is 274 g/mol. The van der Waals surface area contributed by atoms with Crippen molar-refractivity contribution in [3.8, 4) is 0 Å². The molecular weight excluding hydrogens is 252 g/mol. The molecule has 0 amide bonds. The SMILES string of the molecule is CCNc1cc(N(C)Cc2ccoc2)nc(C(C)C)n1. The topological polar surface area (TPSA) is 54.2 Å². The predicted octanol–water partition coefficient (Wildman–Crippen LogP) is 3.26. The molecule has 0 radical (unpaired) electrons. The lowest BCUT2D eigenvalue weighted by Crippen LogP contribution is -2.19. The van der Waals surface area contributed by atoms with E-state index in [1.165, 1.54) is 0 Å². The third-order valence-corrected chi connectivity index (χ3v) is 3.00. The Balaban J connectivity index is 2.24. The molecule has 0 unspecified atom stereocenters. The van der Waals surface area contributed by atoms with Gasteiger partial charge in [0.2, 0.25) is 0 Å². The number of nitrogens with one attached hydrogen (secondary N) is 1. The molecule has 0 aliphatic carbocycles. The van der Waals surface area contributed by atoms with Crippen LogP contribution in [0, 0.1) is 0 Å². The number of anilines is 2. The molecule has 2 heterocycles. The molecule has 2 aromatic rings. The number of rotatable bonds is 6. The van der Waals surface area contributed by atoms with Gasteiger partial charge in [-0.25, -0.2) is 9.97 Å². The molecule has 0 spiro atoms. The fourth-order valence-corrected chi connectivity index (χ4v) is 1.92. The maximum atomic E-state index is 5.10. The first-order valence-electron chi connectivity index (χ1n) is 6.95. The number of nitrogens with zero attached hydrogens (tertiary/aromatic N) is 3. The van der Waals surface area contributed by atoms with Crippen LogP contribution in [0.3, 0.4) is 0 Å². The minimum atomic E-state index is 0.301. The fraction of sp³-hybridized carbons (Fsp3) is 0.467. The second-order valence-corrected chi connectivity index (χ2v) is 5.14. The van der Waals surface area contributed by atoms with E-state index in [0.29, 0.717) is 5.92 Å². The Labute approximate surface area is 120 Å². The van der Waals surface area contributed by atoms with Gasteiger partial charge in [-0.3, -0.25) is 0 Å². The van der Waals surface area contributed by atoms with Crippen molar-refractivity contribution < 1.29 is 4.42 Å². The van der Waals surface area contributed by atoms with Gasteiger partial charge in [0.25, 0.3) is 0 Å². The summed E-state index contributed by atoms with van der Waals surface area (Å²) in [5.74, 6) is 2.95. The van der Waals surface area contributed by atoms with E-state index in [1.807, 2.05) is 19.2 Å². The standard InChI is InChI=1S/C15H22N4O/c1-5-16-13-8-14(18-15(17-13)11(2)3)19(4)9-12-6-7-20-10-12/h6-8,10-11H,5,9H2,1-4H3,(H,16,17,18). The maximum Gasteiger partial charge on any atom is 0.135 e. The van der Waals surface area contributed by atoms with Crippen LogP contribution < -0.4 is 10.2 Å². The maximum absolute atomic E-state index is 5.10. The van der Waals surface area contributed by atoms with Crippen LogP contribution in [-0.2, 0) is 6.54 Å². The van der Waals surface area contributed by atoms with E-state index in [4.69, 9.17) is 4.42 Å². The summed E-state index contributed by atoms with van der Waals surface area (Å²) in [6, 6.07) is 3.95. The van der Waals surface area contributed by atoms with E-state index in [0.717, 1.165) is 36.1 Å². The summed E-state index contributed by atoms with van der Waals surface area (Å²) >= 11 is 0. The molecule has 0 aliphatic heterocycles. The van der Waals surface area contributed by atoms with Crippen molar-refractivity contribution in [2.24, 2.45) is 0 Å². The Morgan fingerprint density at radius 2 is 2.15 bits per heavy atom. The molecule has 0 aromatic carbocycles. The number of hydrogen-bond donors (Lipinski definition) is 1. The molecule has 0 bridgehead atoms. The van der Waals surface area contributed by atoms with Gasteiger partial charge in [-0.15, -0.1) is 0 Å². The van der Waals surface area contributed by atoms with Gasteiger partial charge in [0, 0.05) is 37.7 Å². The van der Waals surface area contributed by atoms with Crippen molar-refractivity contribution in [3.05, 3.63) is 36.0 Å². The quantitative estimate of drug-likeness (QED) is 0.876. The highest BCUT2D eigenvalue weighted by Crippen LogP contribution is 2.20. The largest absolute Gasteiger partial charge is 0.472 e. The third-order valence-electron chi connectivity index (χ3n) is 3.00. The molecule has 20 heavy (non-hydrogen) atoms. The van der Waals surface area contributed by atoms with Gasteiger partial charge in [0.1, 0.15) is 17.5 Å². The Morgan fingerprint density at radius 1 is 1.35 bits per heavy atom. The van der Waals surface area contributed by atoms with Crippen molar-refractivity contribution in [1.29, 1.82) is 0 Å².